The average Bonchev–Trinajstić information content (AvgIpc) is 3.21. The van der Waals surface area contributed by atoms with Crippen molar-refractivity contribution in [3.8, 4) is 5.95 Å². The summed E-state index contributed by atoms with van der Waals surface area (Å²) in [6.45, 7) is 1.71. The standard InChI is InChI=1S/C16H16N4O3/c1-10(8-14(21)23-2)15(22)11-4-5-12-13(9-11)19-16(18-12)20-7-3-6-17-20/h3-7,9-10H,8H2,1-2H3,(H,18,19). The number of aromatic nitrogens is 4. The zero-order valence-corrected chi connectivity index (χ0v) is 12.8. The molecule has 7 nitrogen and oxygen atoms in total. The number of carbonyl (C=O) groups excluding carboxylic acids is 2. The molecule has 23 heavy (non-hydrogen) atoms. The fraction of sp³-hybridized carbons (Fsp3) is 0.250. The molecule has 2 aromatic heterocycles. The molecule has 1 unspecified atom stereocenters. The minimum atomic E-state index is -0.437. The zero-order valence-electron chi connectivity index (χ0n) is 12.8. The van der Waals surface area contributed by atoms with E-state index in [0.29, 0.717) is 11.5 Å². The van der Waals surface area contributed by atoms with Gasteiger partial charge < -0.3 is 9.72 Å². The zero-order chi connectivity index (χ0) is 16.4. The van der Waals surface area contributed by atoms with Crippen molar-refractivity contribution in [3.63, 3.8) is 0 Å². The second kappa shape index (κ2) is 6.04. The monoisotopic (exact) mass is 312 g/mol. The van der Waals surface area contributed by atoms with Crippen molar-refractivity contribution >= 4 is 22.8 Å². The van der Waals surface area contributed by atoms with Crippen molar-refractivity contribution in [2.45, 2.75) is 13.3 Å². The average molecular weight is 312 g/mol. The Morgan fingerprint density at radius 3 is 2.91 bits per heavy atom. The van der Waals surface area contributed by atoms with Gasteiger partial charge in [0.2, 0.25) is 5.95 Å². The Labute approximate surface area is 132 Å². The van der Waals surface area contributed by atoms with Crippen LogP contribution >= 0.6 is 0 Å². The van der Waals surface area contributed by atoms with E-state index in [1.807, 2.05) is 0 Å². The van der Waals surface area contributed by atoms with Crippen LogP contribution in [0, 0.1) is 5.92 Å². The maximum Gasteiger partial charge on any atom is 0.306 e. The number of hydrogen-bond acceptors (Lipinski definition) is 5. The van der Waals surface area contributed by atoms with Gasteiger partial charge in [-0.2, -0.15) is 5.10 Å². The van der Waals surface area contributed by atoms with Gasteiger partial charge in [0.25, 0.3) is 0 Å². The molecule has 3 rings (SSSR count). The van der Waals surface area contributed by atoms with Crippen molar-refractivity contribution in [2.24, 2.45) is 5.92 Å². The number of carbonyl (C=O) groups is 2. The Morgan fingerprint density at radius 2 is 2.22 bits per heavy atom. The van der Waals surface area contributed by atoms with Crippen LogP contribution in [-0.2, 0) is 9.53 Å². The molecule has 3 aromatic rings. The summed E-state index contributed by atoms with van der Waals surface area (Å²) in [6, 6.07) is 7.03. The van der Waals surface area contributed by atoms with Crippen LogP contribution in [-0.4, -0.2) is 38.6 Å². The Balaban J connectivity index is 1.88. The number of imidazole rings is 1. The van der Waals surface area contributed by atoms with E-state index in [0.717, 1.165) is 11.0 Å². The van der Waals surface area contributed by atoms with Gasteiger partial charge in [-0.3, -0.25) is 9.59 Å². The highest BCUT2D eigenvalue weighted by atomic mass is 16.5. The number of ketones is 1. The molecule has 0 saturated heterocycles. The number of benzene rings is 1. The maximum absolute atomic E-state index is 12.4. The maximum atomic E-state index is 12.4. The molecule has 7 heteroatoms. The fourth-order valence-corrected chi connectivity index (χ4v) is 2.36. The smallest absolute Gasteiger partial charge is 0.306 e. The lowest BCUT2D eigenvalue weighted by molar-refractivity contribution is -0.141. The highest BCUT2D eigenvalue weighted by Crippen LogP contribution is 2.19. The number of ether oxygens (including phenoxy) is 1. The quantitative estimate of drug-likeness (QED) is 0.576. The van der Waals surface area contributed by atoms with E-state index >= 15 is 0 Å². The van der Waals surface area contributed by atoms with E-state index in [-0.39, 0.29) is 12.2 Å². The Hall–Kier alpha value is -2.96. The molecule has 0 bridgehead atoms. The lowest BCUT2D eigenvalue weighted by Gasteiger charge is -2.08. The predicted molar refractivity (Wildman–Crippen MR) is 83.3 cm³/mol. The van der Waals surface area contributed by atoms with Crippen LogP contribution in [0.15, 0.2) is 36.7 Å². The first-order valence-corrected chi connectivity index (χ1v) is 7.19. The topological polar surface area (TPSA) is 89.9 Å². The number of fused-ring (bicyclic) bond motifs is 1. The fourth-order valence-electron chi connectivity index (χ4n) is 2.36. The van der Waals surface area contributed by atoms with Crippen LogP contribution in [0.2, 0.25) is 0 Å². The molecule has 1 aromatic carbocycles. The lowest BCUT2D eigenvalue weighted by Crippen LogP contribution is -2.16. The highest BCUT2D eigenvalue weighted by Gasteiger charge is 2.19. The van der Waals surface area contributed by atoms with Gasteiger partial charge >= 0.3 is 5.97 Å². The first-order valence-electron chi connectivity index (χ1n) is 7.19. The molecule has 2 heterocycles. The summed E-state index contributed by atoms with van der Waals surface area (Å²) in [7, 11) is 1.31. The van der Waals surface area contributed by atoms with Crippen molar-refractivity contribution in [1.29, 1.82) is 0 Å². The van der Waals surface area contributed by atoms with Crippen molar-refractivity contribution < 1.29 is 14.3 Å². The van der Waals surface area contributed by atoms with Crippen molar-refractivity contribution in [3.05, 3.63) is 42.2 Å². The van der Waals surface area contributed by atoms with E-state index in [2.05, 4.69) is 19.8 Å². The second-order valence-electron chi connectivity index (χ2n) is 5.29. The molecule has 0 spiro atoms. The van der Waals surface area contributed by atoms with Gasteiger partial charge in [0.05, 0.1) is 24.6 Å². The largest absolute Gasteiger partial charge is 0.469 e. The molecule has 0 amide bonds. The Kier molecular flexibility index (Phi) is 3.92. The normalized spacial score (nSPS) is 12.3. The SMILES string of the molecule is COC(=O)CC(C)C(=O)c1ccc2nc(-n3cccn3)[nH]c2c1. The van der Waals surface area contributed by atoms with Gasteiger partial charge in [-0.15, -0.1) is 0 Å². The number of H-pyrrole nitrogens is 1. The van der Waals surface area contributed by atoms with Gasteiger partial charge in [-0.05, 0) is 24.3 Å². The number of methoxy groups -OCH3 is 1. The summed E-state index contributed by atoms with van der Waals surface area (Å²) in [5.41, 5.74) is 2.02. The van der Waals surface area contributed by atoms with E-state index in [9.17, 15) is 9.59 Å². The van der Waals surface area contributed by atoms with E-state index in [1.54, 1.807) is 48.3 Å². The van der Waals surface area contributed by atoms with Crippen LogP contribution in [0.5, 0.6) is 0 Å². The van der Waals surface area contributed by atoms with E-state index < -0.39 is 11.9 Å². The minimum absolute atomic E-state index is 0.0644. The Morgan fingerprint density at radius 1 is 1.39 bits per heavy atom. The van der Waals surface area contributed by atoms with Crippen LogP contribution < -0.4 is 0 Å². The van der Waals surface area contributed by atoms with Crippen LogP contribution in [0.1, 0.15) is 23.7 Å². The summed E-state index contributed by atoms with van der Waals surface area (Å²) >= 11 is 0. The second-order valence-corrected chi connectivity index (χ2v) is 5.29. The van der Waals surface area contributed by atoms with E-state index in [1.165, 1.54) is 7.11 Å². The summed E-state index contributed by atoms with van der Waals surface area (Å²) < 4.78 is 6.22. The lowest BCUT2D eigenvalue weighted by atomic mass is 9.96. The third kappa shape index (κ3) is 2.98. The van der Waals surface area contributed by atoms with Crippen molar-refractivity contribution in [1.82, 2.24) is 19.7 Å². The molecular formula is C16H16N4O3. The van der Waals surface area contributed by atoms with E-state index in [4.69, 9.17) is 0 Å². The molecule has 0 fully saturated rings. The number of aromatic amines is 1. The third-order valence-electron chi connectivity index (χ3n) is 3.62. The van der Waals surface area contributed by atoms with Gasteiger partial charge in [-0.1, -0.05) is 6.92 Å². The molecule has 1 atom stereocenters. The molecular weight excluding hydrogens is 296 g/mol. The Bertz CT molecular complexity index is 851. The van der Waals surface area contributed by atoms with Gasteiger partial charge in [0.1, 0.15) is 0 Å². The first-order chi connectivity index (χ1) is 11.1. The van der Waals surface area contributed by atoms with Crippen molar-refractivity contribution in [2.75, 3.05) is 7.11 Å². The first kappa shape index (κ1) is 15.0. The van der Waals surface area contributed by atoms with Gasteiger partial charge in [-0.25, -0.2) is 9.67 Å². The third-order valence-corrected chi connectivity index (χ3v) is 3.62. The molecule has 0 aliphatic carbocycles. The summed E-state index contributed by atoms with van der Waals surface area (Å²) in [5, 5.41) is 4.11. The van der Waals surface area contributed by atoms with Gasteiger partial charge in [0, 0.05) is 23.9 Å². The molecule has 118 valence electrons. The molecule has 0 radical (unpaired) electrons. The number of nitrogens with one attached hydrogen (secondary N) is 1. The summed E-state index contributed by atoms with van der Waals surface area (Å²) in [4.78, 5) is 31.3. The number of nitrogens with zero attached hydrogens (tertiary/aromatic N) is 3. The summed E-state index contributed by atoms with van der Waals surface area (Å²) in [6.07, 6.45) is 3.51. The number of Topliss-reactive ketones (excluding diaryl/α,β-unsaturated/α-hetero) is 1. The van der Waals surface area contributed by atoms with Crippen LogP contribution in [0.4, 0.5) is 0 Å². The molecule has 0 aliphatic rings. The molecule has 1 N–H and O–H groups in total. The number of esters is 1. The summed E-state index contributed by atoms with van der Waals surface area (Å²) in [5.74, 6) is -0.354. The number of rotatable bonds is 5. The predicted octanol–water partition coefficient (Wildman–Crippen LogP) is 2.13. The van der Waals surface area contributed by atoms with Crippen LogP contribution in [0.25, 0.3) is 17.0 Å². The molecule has 0 saturated carbocycles. The van der Waals surface area contributed by atoms with Gasteiger partial charge in [0.15, 0.2) is 5.78 Å². The molecule has 0 aliphatic heterocycles. The minimum Gasteiger partial charge on any atom is -0.469 e. The highest BCUT2D eigenvalue weighted by molar-refractivity contribution is 6.01. The van der Waals surface area contributed by atoms with Crippen LogP contribution in [0.3, 0.4) is 0 Å². The number of hydrogen-bond donors (Lipinski definition) is 1.